The van der Waals surface area contributed by atoms with Gasteiger partial charge in [-0.05, 0) is 11.9 Å². The van der Waals surface area contributed by atoms with E-state index in [-0.39, 0.29) is 6.03 Å². The number of carbonyl (C=O) groups is 1. The van der Waals surface area contributed by atoms with Crippen molar-refractivity contribution in [3.05, 3.63) is 11.6 Å². The van der Waals surface area contributed by atoms with Gasteiger partial charge in [0.2, 0.25) is 0 Å². The van der Waals surface area contributed by atoms with Gasteiger partial charge in [-0.3, -0.25) is 0 Å². The van der Waals surface area contributed by atoms with Gasteiger partial charge < -0.3 is 4.90 Å². The molecular weight excluding hydrogens is 176 g/mol. The standard InChI is InChI=1S/C6H10N4OS/c1-8-2-3-9(6(8)11)10-4-5-12-7-10/h4-5,7H,2-3H2,1H3. The second kappa shape index (κ2) is 2.87. The third-order valence-electron chi connectivity index (χ3n) is 1.87. The van der Waals surface area contributed by atoms with E-state index in [1.807, 2.05) is 11.6 Å². The van der Waals surface area contributed by atoms with Gasteiger partial charge in [0.1, 0.15) is 0 Å². The van der Waals surface area contributed by atoms with Crippen LogP contribution in [0.5, 0.6) is 0 Å². The van der Waals surface area contributed by atoms with Crippen LogP contribution in [0.2, 0.25) is 0 Å². The number of hydrazine groups is 2. The lowest BCUT2D eigenvalue weighted by atomic mass is 10.6. The van der Waals surface area contributed by atoms with Crippen LogP contribution >= 0.6 is 11.9 Å². The molecule has 0 aliphatic carbocycles. The number of likely N-dealkylation sites (N-methyl/N-ethyl adjacent to an activating group) is 1. The number of urea groups is 1. The van der Waals surface area contributed by atoms with Crippen molar-refractivity contribution in [1.82, 2.24) is 19.9 Å². The molecule has 2 aliphatic rings. The monoisotopic (exact) mass is 186 g/mol. The first kappa shape index (κ1) is 7.75. The van der Waals surface area contributed by atoms with Crippen molar-refractivity contribution in [1.29, 1.82) is 0 Å². The molecule has 0 spiro atoms. The zero-order chi connectivity index (χ0) is 8.55. The maximum atomic E-state index is 11.4. The molecule has 1 fully saturated rings. The molecule has 2 aliphatic heterocycles. The number of carbonyl (C=O) groups excluding carboxylic acids is 1. The first-order valence-corrected chi connectivity index (χ1v) is 4.57. The van der Waals surface area contributed by atoms with E-state index >= 15 is 0 Å². The number of hydrogen-bond donors (Lipinski definition) is 1. The smallest absolute Gasteiger partial charge is 0.324 e. The summed E-state index contributed by atoms with van der Waals surface area (Å²) in [6.07, 6.45) is 1.84. The summed E-state index contributed by atoms with van der Waals surface area (Å²) >= 11 is 1.46. The van der Waals surface area contributed by atoms with Gasteiger partial charge in [0.25, 0.3) is 0 Å². The summed E-state index contributed by atoms with van der Waals surface area (Å²) in [7, 11) is 1.80. The van der Waals surface area contributed by atoms with Gasteiger partial charge in [-0.2, -0.15) is 4.83 Å². The molecule has 6 heteroatoms. The van der Waals surface area contributed by atoms with Crippen LogP contribution in [0.4, 0.5) is 4.79 Å². The van der Waals surface area contributed by atoms with Crippen LogP contribution in [-0.2, 0) is 0 Å². The van der Waals surface area contributed by atoms with E-state index in [4.69, 9.17) is 0 Å². The quantitative estimate of drug-likeness (QED) is 0.594. The molecule has 1 saturated heterocycles. The molecule has 0 saturated carbocycles. The highest BCUT2D eigenvalue weighted by atomic mass is 32.2. The molecular formula is C6H10N4OS. The third kappa shape index (κ3) is 1.12. The van der Waals surface area contributed by atoms with E-state index in [0.29, 0.717) is 0 Å². The summed E-state index contributed by atoms with van der Waals surface area (Å²) in [6.45, 7) is 1.53. The number of nitrogens with zero attached hydrogens (tertiary/aromatic N) is 3. The van der Waals surface area contributed by atoms with Gasteiger partial charge in [0, 0.05) is 25.2 Å². The molecule has 1 N–H and O–H groups in total. The number of rotatable bonds is 1. The fourth-order valence-corrected chi connectivity index (χ4v) is 1.67. The van der Waals surface area contributed by atoms with Crippen molar-refractivity contribution in [3.63, 3.8) is 0 Å². The van der Waals surface area contributed by atoms with Crippen LogP contribution in [0.3, 0.4) is 0 Å². The Labute approximate surface area is 75.1 Å². The van der Waals surface area contributed by atoms with Crippen LogP contribution in [0.25, 0.3) is 0 Å². The van der Waals surface area contributed by atoms with E-state index in [1.54, 1.807) is 22.1 Å². The van der Waals surface area contributed by atoms with Gasteiger partial charge in [0.15, 0.2) is 0 Å². The average molecular weight is 186 g/mol. The summed E-state index contributed by atoms with van der Waals surface area (Å²) in [6, 6.07) is 0.0367. The molecule has 66 valence electrons. The number of amides is 2. The van der Waals surface area contributed by atoms with Crippen molar-refractivity contribution in [2.24, 2.45) is 0 Å². The van der Waals surface area contributed by atoms with Crippen molar-refractivity contribution in [2.75, 3.05) is 20.1 Å². The van der Waals surface area contributed by atoms with Crippen LogP contribution in [0, 0.1) is 0 Å². The molecule has 0 radical (unpaired) electrons. The summed E-state index contributed by atoms with van der Waals surface area (Å²) in [4.78, 5) is 16.1. The summed E-state index contributed by atoms with van der Waals surface area (Å²) in [5.74, 6) is 0. The van der Waals surface area contributed by atoms with E-state index in [0.717, 1.165) is 13.1 Å². The topological polar surface area (TPSA) is 38.8 Å². The van der Waals surface area contributed by atoms with E-state index in [9.17, 15) is 4.79 Å². The van der Waals surface area contributed by atoms with E-state index in [2.05, 4.69) is 4.83 Å². The summed E-state index contributed by atoms with van der Waals surface area (Å²) < 4.78 is 0. The summed E-state index contributed by atoms with van der Waals surface area (Å²) in [5, 5.41) is 5.26. The highest BCUT2D eigenvalue weighted by molar-refractivity contribution is 8.00. The van der Waals surface area contributed by atoms with Gasteiger partial charge in [-0.15, -0.1) is 0 Å². The van der Waals surface area contributed by atoms with Crippen molar-refractivity contribution >= 4 is 18.0 Å². The Morgan fingerprint density at radius 1 is 1.58 bits per heavy atom. The third-order valence-corrected chi connectivity index (χ3v) is 2.42. The normalized spacial score (nSPS) is 23.1. The predicted octanol–water partition coefficient (Wildman–Crippen LogP) is 0.208. The average Bonchev–Trinajstić information content (AvgIpc) is 2.64. The van der Waals surface area contributed by atoms with Crippen molar-refractivity contribution < 1.29 is 4.79 Å². The van der Waals surface area contributed by atoms with Gasteiger partial charge in [-0.25, -0.2) is 14.9 Å². The maximum Gasteiger partial charge on any atom is 0.339 e. The minimum atomic E-state index is 0.0367. The van der Waals surface area contributed by atoms with Gasteiger partial charge in [-0.1, -0.05) is 0 Å². The van der Waals surface area contributed by atoms with Crippen LogP contribution in [0.15, 0.2) is 11.6 Å². The molecule has 0 unspecified atom stereocenters. The number of hydrogen-bond acceptors (Lipinski definition) is 4. The Balaban J connectivity index is 2.05. The second-order valence-corrected chi connectivity index (χ2v) is 3.36. The Morgan fingerprint density at radius 3 is 2.92 bits per heavy atom. The minimum Gasteiger partial charge on any atom is -0.324 e. The molecule has 0 aromatic carbocycles. The molecule has 0 atom stereocenters. The largest absolute Gasteiger partial charge is 0.339 e. The Morgan fingerprint density at radius 2 is 2.42 bits per heavy atom. The van der Waals surface area contributed by atoms with Gasteiger partial charge in [0.05, 0.1) is 6.54 Å². The Kier molecular flexibility index (Phi) is 1.86. The first-order chi connectivity index (χ1) is 5.79. The lowest BCUT2D eigenvalue weighted by molar-refractivity contribution is 0.0638. The van der Waals surface area contributed by atoms with Crippen LogP contribution < -0.4 is 4.83 Å². The minimum absolute atomic E-state index is 0.0367. The Bertz CT molecular complexity index is 232. The first-order valence-electron chi connectivity index (χ1n) is 3.69. The molecule has 0 bridgehead atoms. The Hall–Kier alpha value is -0.880. The highest BCUT2D eigenvalue weighted by Crippen LogP contribution is 2.15. The molecule has 0 aromatic rings. The molecule has 2 heterocycles. The molecule has 0 aromatic heterocycles. The molecule has 2 rings (SSSR count). The summed E-state index contributed by atoms with van der Waals surface area (Å²) in [5.41, 5.74) is 0. The zero-order valence-electron chi connectivity index (χ0n) is 6.73. The van der Waals surface area contributed by atoms with Gasteiger partial charge >= 0.3 is 6.03 Å². The van der Waals surface area contributed by atoms with Crippen LogP contribution in [0.1, 0.15) is 0 Å². The lowest BCUT2D eigenvalue weighted by Crippen LogP contribution is -2.44. The highest BCUT2D eigenvalue weighted by Gasteiger charge is 2.29. The lowest BCUT2D eigenvalue weighted by Gasteiger charge is -2.25. The maximum absolute atomic E-state index is 11.4. The van der Waals surface area contributed by atoms with E-state index < -0.39 is 0 Å². The fourth-order valence-electron chi connectivity index (χ4n) is 1.17. The molecule has 5 nitrogen and oxygen atoms in total. The SMILES string of the molecule is CN1CCN(N2C=CSN2)C1=O. The fraction of sp³-hybridized carbons (Fsp3) is 0.500. The van der Waals surface area contributed by atoms with E-state index in [1.165, 1.54) is 11.9 Å². The number of nitrogens with one attached hydrogen (secondary N) is 1. The zero-order valence-corrected chi connectivity index (χ0v) is 7.54. The molecule has 2 amide bonds. The molecule has 12 heavy (non-hydrogen) atoms. The second-order valence-electron chi connectivity index (χ2n) is 2.67. The van der Waals surface area contributed by atoms with Crippen LogP contribution in [-0.4, -0.2) is 41.2 Å². The van der Waals surface area contributed by atoms with Crippen molar-refractivity contribution in [3.8, 4) is 0 Å². The predicted molar refractivity (Wildman–Crippen MR) is 46.4 cm³/mol. The van der Waals surface area contributed by atoms with Crippen molar-refractivity contribution in [2.45, 2.75) is 0 Å².